The number of nitrogens with zero attached hydrogens (tertiary/aromatic N) is 7. The van der Waals surface area contributed by atoms with Gasteiger partial charge in [-0.1, -0.05) is 64.9 Å². The van der Waals surface area contributed by atoms with Crippen LogP contribution in [0.15, 0.2) is 133 Å². The first-order valence-corrected chi connectivity index (χ1v) is 23.8. The van der Waals surface area contributed by atoms with E-state index >= 15 is 0 Å². The van der Waals surface area contributed by atoms with Crippen molar-refractivity contribution in [2.75, 3.05) is 21.8 Å². The average molecular weight is 1000 g/mol. The van der Waals surface area contributed by atoms with Crippen LogP contribution in [0.25, 0.3) is 21.9 Å². The zero-order valence-electron chi connectivity index (χ0n) is 33.7. The van der Waals surface area contributed by atoms with E-state index < -0.39 is 25.1 Å². The first kappa shape index (κ1) is 47.1. The monoisotopic (exact) mass is 998 g/mol. The average Bonchev–Trinajstić information content (AvgIpc) is 3.63. The Balaban J connectivity index is 1.36. The van der Waals surface area contributed by atoms with E-state index in [2.05, 4.69) is 53.5 Å². The lowest BCUT2D eigenvalue weighted by Crippen LogP contribution is -2.11. The molecule has 5 N–H and O–H groups in total. The second-order valence-corrected chi connectivity index (χ2v) is 18.8. The normalized spacial score (nSPS) is 11.8. The highest BCUT2D eigenvalue weighted by Crippen LogP contribution is 2.49. The minimum atomic E-state index is -4.72. The number of hydrogen-bond donors (Lipinski definition) is 5. The van der Waals surface area contributed by atoms with Gasteiger partial charge in [-0.05, 0) is 90.7 Å². The fourth-order valence-corrected chi connectivity index (χ4v) is 9.30. The van der Waals surface area contributed by atoms with Crippen LogP contribution in [-0.2, 0) is 25.0 Å². The van der Waals surface area contributed by atoms with Crippen molar-refractivity contribution in [1.29, 1.82) is 10.5 Å². The Morgan fingerprint density at radius 1 is 0.742 bits per heavy atom. The van der Waals surface area contributed by atoms with Gasteiger partial charge in [0.25, 0.3) is 20.2 Å². The highest BCUT2D eigenvalue weighted by atomic mass is 35.5. The summed E-state index contributed by atoms with van der Waals surface area (Å²) in [4.78, 5) is 16.0. The first-order valence-electron chi connectivity index (χ1n) is 18.9. The molecule has 7 rings (SSSR count). The Kier molecular flexibility index (Phi) is 14.1. The number of amides is 1. The number of anilines is 5. The number of benzene rings is 5. The second-order valence-electron chi connectivity index (χ2n) is 13.8. The highest BCUT2D eigenvalue weighted by molar-refractivity contribution is 7.86. The second kappa shape index (κ2) is 19.7. The number of carbonyl (C=O) groups is 1. The van der Waals surface area contributed by atoms with Crippen molar-refractivity contribution < 1.29 is 30.7 Å². The van der Waals surface area contributed by atoms with Crippen LogP contribution in [0.4, 0.5) is 50.1 Å². The molecule has 0 bridgehead atoms. The lowest BCUT2D eigenvalue weighted by molar-refractivity contribution is -0.115. The molecule has 0 aliphatic rings. The fraction of sp³-hybridized carbons (Fsp3) is 0.0698. The van der Waals surface area contributed by atoms with Gasteiger partial charge in [-0.2, -0.15) is 27.4 Å². The number of nitriles is 2. The topological polar surface area (TPSA) is 272 Å². The summed E-state index contributed by atoms with van der Waals surface area (Å²) in [5, 5.41) is 48.9. The van der Waals surface area contributed by atoms with Gasteiger partial charge in [-0.3, -0.25) is 13.9 Å². The summed E-state index contributed by atoms with van der Waals surface area (Å²) >= 11 is 18.8. The van der Waals surface area contributed by atoms with Crippen molar-refractivity contribution >= 4 is 133 Å². The van der Waals surface area contributed by atoms with Crippen LogP contribution in [0.5, 0.6) is 0 Å². The largest absolute Gasteiger partial charge is 0.339 e. The number of azo groups is 2. The van der Waals surface area contributed by atoms with Crippen molar-refractivity contribution in [1.82, 2.24) is 4.98 Å². The predicted octanol–water partition coefficient (Wildman–Crippen LogP) is 12.7. The number of aromatic nitrogens is 1. The Morgan fingerprint density at radius 2 is 1.39 bits per heavy atom. The standard InChI is InChI=1S/C43H29Cl3N10O7S3/c1-23-32(21-47)40(51-29-15-16-34(46)36(20-29)66(61,62)63)52-41(50-28-13-8-26(45)9-14-28)39(23)54-55-42-33(22-48)38(25-6-10-27(11-7-25)49-37(57)17-18-44)43(64-42)56-53-30-12-5-24-3-2-4-35(31(24)19-30)65(58,59)60/h2-16,19-20H,17-18H2,1H3,(H,49,57)(H2,50,51,52)(H,58,59,60)(H,61,62,63). The molecule has 0 spiro atoms. The summed E-state index contributed by atoms with van der Waals surface area (Å²) in [7, 11) is -9.31. The molecule has 66 heavy (non-hydrogen) atoms. The van der Waals surface area contributed by atoms with E-state index in [1.807, 2.05) is 0 Å². The lowest BCUT2D eigenvalue weighted by atomic mass is 10.0. The zero-order valence-corrected chi connectivity index (χ0v) is 38.4. The quantitative estimate of drug-likeness (QED) is 0.0387. The van der Waals surface area contributed by atoms with Crippen LogP contribution in [0.3, 0.4) is 0 Å². The molecule has 0 aliphatic carbocycles. The van der Waals surface area contributed by atoms with Crippen LogP contribution >= 0.6 is 46.1 Å². The fourth-order valence-electron chi connectivity index (χ4n) is 6.38. The number of pyridine rings is 1. The molecule has 0 fully saturated rings. The molecule has 23 heteroatoms. The van der Waals surface area contributed by atoms with E-state index in [1.54, 1.807) is 73.7 Å². The van der Waals surface area contributed by atoms with E-state index in [-0.39, 0.29) is 94.5 Å². The predicted molar refractivity (Wildman–Crippen MR) is 254 cm³/mol. The third-order valence-electron chi connectivity index (χ3n) is 9.47. The van der Waals surface area contributed by atoms with Gasteiger partial charge in [0.2, 0.25) is 5.91 Å². The molecule has 7 aromatic rings. The molecule has 0 unspecified atom stereocenters. The smallest absolute Gasteiger partial charge is 0.296 e. The number of thiophene rings is 1. The molecule has 1 amide bonds. The minimum absolute atomic E-state index is 0.0257. The molecule has 0 saturated heterocycles. The Bertz CT molecular complexity index is 3450. The van der Waals surface area contributed by atoms with Gasteiger partial charge in [-0.15, -0.1) is 32.1 Å². The summed E-state index contributed by atoms with van der Waals surface area (Å²) < 4.78 is 68.0. The van der Waals surface area contributed by atoms with Crippen molar-refractivity contribution in [2.45, 2.75) is 23.1 Å². The van der Waals surface area contributed by atoms with E-state index in [0.717, 1.165) is 17.4 Å². The summed E-state index contributed by atoms with van der Waals surface area (Å²) in [5.74, 6) is -0.148. The molecular weight excluding hydrogens is 971 g/mol. The maximum Gasteiger partial charge on any atom is 0.296 e. The molecule has 5 aromatic carbocycles. The summed E-state index contributed by atoms with van der Waals surface area (Å²) in [5.41, 5.74) is 2.36. The molecule has 332 valence electrons. The Hall–Kier alpha value is -6.85. The van der Waals surface area contributed by atoms with Crippen LogP contribution in [0.2, 0.25) is 10.0 Å². The SMILES string of the molecule is Cc1c(C#N)c(Nc2ccc(Cl)c(S(=O)(=O)O)c2)nc(Nc2ccc(Cl)cc2)c1N=Nc1sc(N=Nc2ccc3cccc(S(=O)(=O)O)c3c2)c(-c2ccc(NC(=O)CCCl)cc2)c1C#N. The molecule has 0 atom stereocenters. The van der Waals surface area contributed by atoms with Crippen LogP contribution in [0.1, 0.15) is 23.1 Å². The number of carbonyl (C=O) groups excluding carboxylic acids is 1. The van der Waals surface area contributed by atoms with E-state index in [9.17, 15) is 41.3 Å². The summed E-state index contributed by atoms with van der Waals surface area (Å²) in [6.45, 7) is 1.58. The van der Waals surface area contributed by atoms with Gasteiger partial charge in [0, 0.05) is 50.9 Å². The van der Waals surface area contributed by atoms with Gasteiger partial charge in [-0.25, -0.2) is 4.98 Å². The van der Waals surface area contributed by atoms with Crippen molar-refractivity contribution in [3.8, 4) is 23.3 Å². The van der Waals surface area contributed by atoms with Gasteiger partial charge < -0.3 is 16.0 Å². The number of rotatable bonds is 14. The first-order chi connectivity index (χ1) is 31.5. The zero-order chi connectivity index (χ0) is 47.3. The van der Waals surface area contributed by atoms with Crippen molar-refractivity contribution in [3.63, 3.8) is 0 Å². The molecule has 0 aliphatic heterocycles. The molecule has 2 heterocycles. The number of alkyl halides is 1. The third kappa shape index (κ3) is 10.6. The highest BCUT2D eigenvalue weighted by Gasteiger charge is 2.24. The van der Waals surface area contributed by atoms with E-state index in [4.69, 9.17) is 34.8 Å². The summed E-state index contributed by atoms with van der Waals surface area (Å²) in [6.07, 6.45) is 0.0904. The number of fused-ring (bicyclic) bond motifs is 1. The molecule has 0 saturated carbocycles. The van der Waals surface area contributed by atoms with Gasteiger partial charge in [0.1, 0.15) is 38.2 Å². The lowest BCUT2D eigenvalue weighted by Gasteiger charge is -2.16. The molecule has 2 aromatic heterocycles. The minimum Gasteiger partial charge on any atom is -0.339 e. The molecular formula is C43H29Cl3N10O7S3. The van der Waals surface area contributed by atoms with Crippen molar-refractivity contribution in [3.05, 3.63) is 130 Å². The number of hydrogen-bond acceptors (Lipinski definition) is 15. The van der Waals surface area contributed by atoms with Crippen LogP contribution < -0.4 is 16.0 Å². The Labute approximate surface area is 395 Å². The molecule has 0 radical (unpaired) electrons. The maximum absolute atomic E-state index is 12.3. The van der Waals surface area contributed by atoms with Crippen LogP contribution in [-0.4, -0.2) is 42.7 Å². The molecule has 17 nitrogen and oxygen atoms in total. The number of nitrogens with one attached hydrogen (secondary N) is 3. The Morgan fingerprint density at radius 3 is 2.06 bits per heavy atom. The summed E-state index contributed by atoms with van der Waals surface area (Å²) in [6, 6.07) is 30.2. The van der Waals surface area contributed by atoms with Gasteiger partial charge in [0.05, 0.1) is 16.3 Å². The number of halogens is 3. The van der Waals surface area contributed by atoms with Crippen molar-refractivity contribution in [2.24, 2.45) is 20.5 Å². The van der Waals surface area contributed by atoms with E-state index in [0.29, 0.717) is 27.3 Å². The maximum atomic E-state index is 12.3. The van der Waals surface area contributed by atoms with Gasteiger partial charge >= 0.3 is 0 Å². The van der Waals surface area contributed by atoms with Crippen LogP contribution in [0, 0.1) is 29.6 Å². The van der Waals surface area contributed by atoms with Gasteiger partial charge in [0.15, 0.2) is 16.6 Å². The third-order valence-corrected chi connectivity index (χ3v) is 13.1. The van der Waals surface area contributed by atoms with E-state index in [1.165, 1.54) is 30.3 Å².